The molecule has 60 valence electrons. The Hall–Kier alpha value is -0.630. The third kappa shape index (κ3) is 1.02. The van der Waals surface area contributed by atoms with Gasteiger partial charge in [-0.25, -0.2) is 0 Å². The third-order valence-corrected chi connectivity index (χ3v) is 2.63. The normalized spacial score (nSPS) is 41.5. The number of carbonyl (C=O) groups is 1. The first-order valence-corrected chi connectivity index (χ1v) is 4.05. The van der Waals surface area contributed by atoms with E-state index in [0.717, 1.165) is 6.42 Å². The van der Waals surface area contributed by atoms with E-state index in [4.69, 9.17) is 4.74 Å². The van der Waals surface area contributed by atoms with Crippen molar-refractivity contribution in [3.8, 4) is 0 Å². The van der Waals surface area contributed by atoms with Crippen molar-refractivity contribution in [2.45, 2.75) is 18.9 Å². The topological polar surface area (TPSA) is 26.3 Å². The van der Waals surface area contributed by atoms with Crippen molar-refractivity contribution in [2.24, 2.45) is 11.8 Å². The first kappa shape index (κ1) is 7.04. The Morgan fingerprint density at radius 1 is 1.55 bits per heavy atom. The molecule has 0 unspecified atom stereocenters. The SMILES string of the molecule is CO[C@@H]1C(=O)C[C@@H]2C=C[C@H]1C2. The first-order chi connectivity index (χ1) is 5.31. The summed E-state index contributed by atoms with van der Waals surface area (Å²) in [4.78, 5) is 11.3. The number of allylic oxidation sites excluding steroid dienone is 1. The fraction of sp³-hybridized carbons (Fsp3) is 0.667. The molecule has 0 aromatic rings. The molecule has 1 fully saturated rings. The third-order valence-electron chi connectivity index (χ3n) is 2.63. The minimum Gasteiger partial charge on any atom is -0.373 e. The second kappa shape index (κ2) is 2.45. The standard InChI is InChI=1S/C9H12O2/c1-11-9-7-3-2-6(4-7)5-8(9)10/h2-3,6-7,9H,4-5H2,1H3/t6-,7+,9+/m1/s1. The lowest BCUT2D eigenvalue weighted by Gasteiger charge is -2.26. The van der Waals surface area contributed by atoms with Gasteiger partial charge in [0.25, 0.3) is 0 Å². The van der Waals surface area contributed by atoms with Gasteiger partial charge in [-0.15, -0.1) is 0 Å². The van der Waals surface area contributed by atoms with Gasteiger partial charge in [-0.05, 0) is 12.3 Å². The van der Waals surface area contributed by atoms with Crippen LogP contribution in [0.3, 0.4) is 0 Å². The maximum absolute atomic E-state index is 11.3. The second-order valence-corrected chi connectivity index (χ2v) is 3.37. The number of rotatable bonds is 1. The van der Waals surface area contributed by atoms with Crippen LogP contribution in [0.2, 0.25) is 0 Å². The first-order valence-electron chi connectivity index (χ1n) is 4.05. The monoisotopic (exact) mass is 152 g/mol. The van der Waals surface area contributed by atoms with E-state index in [1.807, 2.05) is 0 Å². The summed E-state index contributed by atoms with van der Waals surface area (Å²) >= 11 is 0. The fourth-order valence-electron chi connectivity index (χ4n) is 2.10. The van der Waals surface area contributed by atoms with Gasteiger partial charge in [0.2, 0.25) is 0 Å². The summed E-state index contributed by atoms with van der Waals surface area (Å²) in [6, 6.07) is 0. The van der Waals surface area contributed by atoms with Crippen molar-refractivity contribution in [3.63, 3.8) is 0 Å². The van der Waals surface area contributed by atoms with Crippen molar-refractivity contribution in [1.29, 1.82) is 0 Å². The Bertz CT molecular complexity index is 208. The van der Waals surface area contributed by atoms with Crippen LogP contribution < -0.4 is 0 Å². The summed E-state index contributed by atoms with van der Waals surface area (Å²) in [6.07, 6.45) is 5.94. The molecular formula is C9H12O2. The maximum atomic E-state index is 11.3. The van der Waals surface area contributed by atoms with E-state index in [2.05, 4.69) is 12.2 Å². The second-order valence-electron chi connectivity index (χ2n) is 3.37. The smallest absolute Gasteiger partial charge is 0.162 e. The van der Waals surface area contributed by atoms with E-state index in [1.54, 1.807) is 7.11 Å². The van der Waals surface area contributed by atoms with Crippen molar-refractivity contribution in [3.05, 3.63) is 12.2 Å². The van der Waals surface area contributed by atoms with Crippen molar-refractivity contribution >= 4 is 5.78 Å². The number of carbonyl (C=O) groups excluding carboxylic acids is 1. The predicted octanol–water partition coefficient (Wildman–Crippen LogP) is 1.17. The molecule has 0 saturated heterocycles. The molecule has 11 heavy (non-hydrogen) atoms. The van der Waals surface area contributed by atoms with Gasteiger partial charge in [0.1, 0.15) is 6.10 Å². The molecular weight excluding hydrogens is 140 g/mol. The highest BCUT2D eigenvalue weighted by molar-refractivity contribution is 5.85. The average Bonchev–Trinajstić information content (AvgIpc) is 2.34. The number of ketones is 1. The van der Waals surface area contributed by atoms with Gasteiger partial charge in [0.15, 0.2) is 5.78 Å². The van der Waals surface area contributed by atoms with Gasteiger partial charge < -0.3 is 4.74 Å². The van der Waals surface area contributed by atoms with E-state index in [0.29, 0.717) is 18.3 Å². The molecule has 0 amide bonds. The fourth-order valence-corrected chi connectivity index (χ4v) is 2.10. The summed E-state index contributed by atoms with van der Waals surface area (Å²) in [5, 5.41) is 0. The maximum Gasteiger partial charge on any atom is 0.162 e. The number of hydrogen-bond donors (Lipinski definition) is 0. The average molecular weight is 152 g/mol. The molecule has 2 aliphatic carbocycles. The van der Waals surface area contributed by atoms with Crippen molar-refractivity contribution in [1.82, 2.24) is 0 Å². The Morgan fingerprint density at radius 2 is 2.36 bits per heavy atom. The van der Waals surface area contributed by atoms with Gasteiger partial charge in [0.05, 0.1) is 0 Å². The van der Waals surface area contributed by atoms with Gasteiger partial charge in [0, 0.05) is 19.4 Å². The molecule has 0 aromatic carbocycles. The molecule has 2 heteroatoms. The van der Waals surface area contributed by atoms with Crippen LogP contribution in [0.15, 0.2) is 12.2 Å². The summed E-state index contributed by atoms with van der Waals surface area (Å²) < 4.78 is 5.13. The molecule has 0 aromatic heterocycles. The van der Waals surface area contributed by atoms with E-state index in [1.165, 1.54) is 0 Å². The van der Waals surface area contributed by atoms with E-state index < -0.39 is 0 Å². The highest BCUT2D eigenvalue weighted by Gasteiger charge is 2.37. The van der Waals surface area contributed by atoms with Gasteiger partial charge in [-0.2, -0.15) is 0 Å². The largest absolute Gasteiger partial charge is 0.373 e. The molecule has 2 nitrogen and oxygen atoms in total. The zero-order valence-electron chi connectivity index (χ0n) is 6.62. The van der Waals surface area contributed by atoms with E-state index in [9.17, 15) is 4.79 Å². The molecule has 2 bridgehead atoms. The Labute approximate surface area is 66.2 Å². The highest BCUT2D eigenvalue weighted by atomic mass is 16.5. The van der Waals surface area contributed by atoms with Crippen LogP contribution in [-0.2, 0) is 9.53 Å². The van der Waals surface area contributed by atoms with E-state index >= 15 is 0 Å². The van der Waals surface area contributed by atoms with Gasteiger partial charge in [-0.3, -0.25) is 4.79 Å². The number of Topliss-reactive ketones (excluding diaryl/α,β-unsaturated/α-hetero) is 1. The van der Waals surface area contributed by atoms with Gasteiger partial charge >= 0.3 is 0 Å². The van der Waals surface area contributed by atoms with Crippen LogP contribution in [0.25, 0.3) is 0 Å². The van der Waals surface area contributed by atoms with Crippen LogP contribution in [0.4, 0.5) is 0 Å². The van der Waals surface area contributed by atoms with Gasteiger partial charge in [-0.1, -0.05) is 12.2 Å². The molecule has 0 N–H and O–H groups in total. The molecule has 0 heterocycles. The number of hydrogen-bond acceptors (Lipinski definition) is 2. The Balaban J connectivity index is 2.19. The lowest BCUT2D eigenvalue weighted by atomic mass is 9.84. The molecule has 0 spiro atoms. The lowest BCUT2D eigenvalue weighted by Crippen LogP contribution is -2.34. The van der Waals surface area contributed by atoms with Crippen LogP contribution >= 0.6 is 0 Å². The lowest BCUT2D eigenvalue weighted by molar-refractivity contribution is -0.134. The Kier molecular flexibility index (Phi) is 1.57. The molecule has 3 atom stereocenters. The summed E-state index contributed by atoms with van der Waals surface area (Å²) in [6.45, 7) is 0. The molecule has 1 saturated carbocycles. The number of ether oxygens (including phenoxy) is 1. The van der Waals surface area contributed by atoms with Crippen LogP contribution in [-0.4, -0.2) is 19.0 Å². The summed E-state index contributed by atoms with van der Waals surface area (Å²) in [5.41, 5.74) is 0. The molecule has 2 aliphatic rings. The summed E-state index contributed by atoms with van der Waals surface area (Å²) in [5.74, 6) is 1.16. The summed E-state index contributed by atoms with van der Waals surface area (Å²) in [7, 11) is 1.62. The minimum absolute atomic E-state index is 0.148. The molecule has 0 aliphatic heterocycles. The Morgan fingerprint density at radius 3 is 3.09 bits per heavy atom. The van der Waals surface area contributed by atoms with Crippen molar-refractivity contribution in [2.75, 3.05) is 7.11 Å². The van der Waals surface area contributed by atoms with Crippen LogP contribution in [0, 0.1) is 11.8 Å². The minimum atomic E-state index is -0.148. The van der Waals surface area contributed by atoms with Crippen LogP contribution in [0.5, 0.6) is 0 Å². The quantitative estimate of drug-likeness (QED) is 0.527. The van der Waals surface area contributed by atoms with E-state index in [-0.39, 0.29) is 11.9 Å². The zero-order valence-corrected chi connectivity index (χ0v) is 6.62. The number of methoxy groups -OCH3 is 1. The predicted molar refractivity (Wildman–Crippen MR) is 41.2 cm³/mol. The zero-order chi connectivity index (χ0) is 7.84. The van der Waals surface area contributed by atoms with Crippen molar-refractivity contribution < 1.29 is 9.53 Å². The molecule has 2 rings (SSSR count). The van der Waals surface area contributed by atoms with Crippen LogP contribution in [0.1, 0.15) is 12.8 Å². The highest BCUT2D eigenvalue weighted by Crippen LogP contribution is 2.35. The molecule has 0 radical (unpaired) electrons. The number of fused-ring (bicyclic) bond motifs is 2.